The molecule has 0 aromatic carbocycles. The Morgan fingerprint density at radius 1 is 1.56 bits per heavy atom. The van der Waals surface area contributed by atoms with Gasteiger partial charge in [0.2, 0.25) is 0 Å². The zero-order chi connectivity index (χ0) is 13.0. The first-order valence-corrected chi connectivity index (χ1v) is 6.59. The maximum Gasteiger partial charge on any atom is 0.304 e. The summed E-state index contributed by atoms with van der Waals surface area (Å²) in [5, 5.41) is 9.59. The van der Waals surface area contributed by atoms with Crippen LogP contribution in [0.4, 0.5) is 0 Å². The molecule has 1 aliphatic rings. The number of piperidine rings is 1. The molecule has 0 radical (unpaired) electrons. The Morgan fingerprint density at radius 2 is 2.39 bits per heavy atom. The SMILES string of the molecule is O=C(O)CC1CCCCN1Cc1ccncc1Cl. The van der Waals surface area contributed by atoms with Crippen molar-refractivity contribution in [3.05, 3.63) is 29.0 Å². The van der Waals surface area contributed by atoms with Crippen molar-refractivity contribution in [3.8, 4) is 0 Å². The number of hydrogen-bond donors (Lipinski definition) is 1. The first-order chi connectivity index (χ1) is 8.66. The molecule has 2 rings (SSSR count). The molecule has 18 heavy (non-hydrogen) atoms. The minimum atomic E-state index is -0.729. The number of aliphatic carboxylic acids is 1. The Balaban J connectivity index is 2.05. The summed E-state index contributed by atoms with van der Waals surface area (Å²) in [4.78, 5) is 17.1. The van der Waals surface area contributed by atoms with Crippen LogP contribution in [0.5, 0.6) is 0 Å². The number of carbonyl (C=O) groups is 1. The van der Waals surface area contributed by atoms with Crippen LogP contribution in [0.1, 0.15) is 31.2 Å². The Morgan fingerprint density at radius 3 is 3.11 bits per heavy atom. The second kappa shape index (κ2) is 6.16. The average molecular weight is 269 g/mol. The minimum absolute atomic E-state index is 0.125. The van der Waals surface area contributed by atoms with E-state index >= 15 is 0 Å². The number of rotatable bonds is 4. The molecular formula is C13H17ClN2O2. The molecule has 1 fully saturated rings. The second-order valence-electron chi connectivity index (χ2n) is 4.69. The second-order valence-corrected chi connectivity index (χ2v) is 5.09. The zero-order valence-corrected chi connectivity index (χ0v) is 10.9. The van der Waals surface area contributed by atoms with Crippen molar-refractivity contribution >= 4 is 17.6 Å². The van der Waals surface area contributed by atoms with Crippen LogP contribution in [-0.2, 0) is 11.3 Å². The van der Waals surface area contributed by atoms with Crippen molar-refractivity contribution < 1.29 is 9.90 Å². The van der Waals surface area contributed by atoms with E-state index in [0.29, 0.717) is 11.6 Å². The number of likely N-dealkylation sites (tertiary alicyclic amines) is 1. The van der Waals surface area contributed by atoms with Gasteiger partial charge in [-0.05, 0) is 31.0 Å². The van der Waals surface area contributed by atoms with E-state index in [2.05, 4.69) is 9.88 Å². The van der Waals surface area contributed by atoms with Gasteiger partial charge >= 0.3 is 5.97 Å². The van der Waals surface area contributed by atoms with Crippen LogP contribution in [0.2, 0.25) is 5.02 Å². The quantitative estimate of drug-likeness (QED) is 0.912. The van der Waals surface area contributed by atoms with Crippen molar-refractivity contribution in [1.82, 2.24) is 9.88 Å². The third-order valence-corrected chi connectivity index (χ3v) is 3.73. The van der Waals surface area contributed by atoms with E-state index in [-0.39, 0.29) is 12.5 Å². The molecule has 1 aromatic rings. The number of pyridine rings is 1. The van der Waals surface area contributed by atoms with Crippen LogP contribution < -0.4 is 0 Å². The molecule has 1 aromatic heterocycles. The van der Waals surface area contributed by atoms with Crippen LogP contribution >= 0.6 is 11.6 Å². The van der Waals surface area contributed by atoms with Gasteiger partial charge in [0.15, 0.2) is 0 Å². The molecule has 0 spiro atoms. The number of carboxylic acid groups (broad SMARTS) is 1. The first-order valence-electron chi connectivity index (χ1n) is 6.21. The topological polar surface area (TPSA) is 53.4 Å². The lowest BCUT2D eigenvalue weighted by Crippen LogP contribution is -2.40. The highest BCUT2D eigenvalue weighted by Gasteiger charge is 2.24. The summed E-state index contributed by atoms with van der Waals surface area (Å²) in [6.07, 6.45) is 6.75. The normalized spacial score (nSPS) is 20.8. The minimum Gasteiger partial charge on any atom is -0.481 e. The third kappa shape index (κ3) is 3.43. The number of carboxylic acids is 1. The average Bonchev–Trinajstić information content (AvgIpc) is 2.34. The maximum atomic E-state index is 10.9. The van der Waals surface area contributed by atoms with Gasteiger partial charge in [0.05, 0.1) is 11.4 Å². The Labute approximate surface area is 112 Å². The number of halogens is 1. The van der Waals surface area contributed by atoms with Crippen molar-refractivity contribution in [1.29, 1.82) is 0 Å². The van der Waals surface area contributed by atoms with Gasteiger partial charge in [-0.25, -0.2) is 0 Å². The van der Waals surface area contributed by atoms with Gasteiger partial charge in [-0.15, -0.1) is 0 Å². The van der Waals surface area contributed by atoms with Crippen LogP contribution in [-0.4, -0.2) is 33.5 Å². The molecule has 1 saturated heterocycles. The highest BCUT2D eigenvalue weighted by molar-refractivity contribution is 6.31. The summed E-state index contributed by atoms with van der Waals surface area (Å²) < 4.78 is 0. The Kier molecular flexibility index (Phi) is 4.55. The number of nitrogens with zero attached hydrogens (tertiary/aromatic N) is 2. The predicted molar refractivity (Wildman–Crippen MR) is 69.5 cm³/mol. The molecule has 1 atom stereocenters. The summed E-state index contributed by atoms with van der Waals surface area (Å²) in [6.45, 7) is 1.65. The Bertz CT molecular complexity index is 425. The fourth-order valence-corrected chi connectivity index (χ4v) is 2.63. The van der Waals surface area contributed by atoms with E-state index in [1.807, 2.05) is 6.07 Å². The van der Waals surface area contributed by atoms with Gasteiger partial charge in [-0.1, -0.05) is 18.0 Å². The van der Waals surface area contributed by atoms with E-state index in [4.69, 9.17) is 16.7 Å². The number of hydrogen-bond acceptors (Lipinski definition) is 3. The van der Waals surface area contributed by atoms with E-state index in [1.54, 1.807) is 12.4 Å². The zero-order valence-electron chi connectivity index (χ0n) is 10.2. The summed E-state index contributed by atoms with van der Waals surface area (Å²) in [5.41, 5.74) is 1.02. The fourth-order valence-electron chi connectivity index (χ4n) is 2.45. The molecule has 98 valence electrons. The predicted octanol–water partition coefficient (Wildman–Crippen LogP) is 2.56. The van der Waals surface area contributed by atoms with Crippen molar-refractivity contribution in [2.24, 2.45) is 0 Å². The molecule has 0 bridgehead atoms. The molecule has 4 nitrogen and oxygen atoms in total. The van der Waals surface area contributed by atoms with Crippen molar-refractivity contribution in [2.75, 3.05) is 6.54 Å². The van der Waals surface area contributed by atoms with E-state index in [0.717, 1.165) is 31.4 Å². The lowest BCUT2D eigenvalue weighted by atomic mass is 9.98. The first kappa shape index (κ1) is 13.3. The van der Waals surface area contributed by atoms with Gasteiger partial charge in [-0.3, -0.25) is 14.7 Å². The number of aromatic nitrogens is 1. The lowest BCUT2D eigenvalue weighted by Gasteiger charge is -2.35. The van der Waals surface area contributed by atoms with Crippen molar-refractivity contribution in [3.63, 3.8) is 0 Å². The summed E-state index contributed by atoms with van der Waals surface area (Å²) in [6, 6.07) is 2.02. The largest absolute Gasteiger partial charge is 0.481 e. The molecule has 1 N–H and O–H groups in total. The van der Waals surface area contributed by atoms with Crippen LogP contribution in [0.3, 0.4) is 0 Å². The fraction of sp³-hybridized carbons (Fsp3) is 0.538. The van der Waals surface area contributed by atoms with E-state index in [1.165, 1.54) is 0 Å². The van der Waals surface area contributed by atoms with Crippen LogP contribution in [0.15, 0.2) is 18.5 Å². The van der Waals surface area contributed by atoms with Crippen LogP contribution in [0, 0.1) is 0 Å². The highest BCUT2D eigenvalue weighted by Crippen LogP contribution is 2.24. The van der Waals surface area contributed by atoms with Crippen molar-refractivity contribution in [2.45, 2.75) is 38.3 Å². The van der Waals surface area contributed by atoms with Gasteiger partial charge in [0.25, 0.3) is 0 Å². The monoisotopic (exact) mass is 268 g/mol. The van der Waals surface area contributed by atoms with Gasteiger partial charge < -0.3 is 5.11 Å². The summed E-state index contributed by atoms with van der Waals surface area (Å²) >= 11 is 6.09. The van der Waals surface area contributed by atoms with E-state index < -0.39 is 5.97 Å². The molecule has 0 amide bonds. The van der Waals surface area contributed by atoms with Crippen LogP contribution in [0.25, 0.3) is 0 Å². The summed E-state index contributed by atoms with van der Waals surface area (Å²) in [5.74, 6) is -0.729. The van der Waals surface area contributed by atoms with Gasteiger partial charge in [0.1, 0.15) is 0 Å². The molecular weight excluding hydrogens is 252 g/mol. The molecule has 0 aliphatic carbocycles. The molecule has 0 saturated carbocycles. The van der Waals surface area contributed by atoms with Gasteiger partial charge in [0, 0.05) is 25.0 Å². The standard InChI is InChI=1S/C13H17ClN2O2/c14-12-8-15-5-4-10(12)9-16-6-2-1-3-11(16)7-13(17)18/h4-5,8,11H,1-3,6-7,9H2,(H,17,18). The molecule has 1 aliphatic heterocycles. The maximum absolute atomic E-state index is 10.9. The van der Waals surface area contributed by atoms with E-state index in [9.17, 15) is 4.79 Å². The molecule has 2 heterocycles. The van der Waals surface area contributed by atoms with Gasteiger partial charge in [-0.2, -0.15) is 0 Å². The summed E-state index contributed by atoms with van der Waals surface area (Å²) in [7, 11) is 0. The smallest absolute Gasteiger partial charge is 0.304 e. The highest BCUT2D eigenvalue weighted by atomic mass is 35.5. The molecule has 1 unspecified atom stereocenters. The third-order valence-electron chi connectivity index (χ3n) is 3.39. The lowest BCUT2D eigenvalue weighted by molar-refractivity contribution is -0.138. The Hall–Kier alpha value is -1.13. The molecule has 5 heteroatoms.